The van der Waals surface area contributed by atoms with Gasteiger partial charge in [-0.15, -0.1) is 0 Å². The summed E-state index contributed by atoms with van der Waals surface area (Å²) in [5.74, 6) is 0. The zero-order valence-electron chi connectivity index (χ0n) is 20.3. The van der Waals surface area contributed by atoms with Crippen molar-refractivity contribution in [3.63, 3.8) is 0 Å². The molecule has 0 radical (unpaired) electrons. The first-order valence-corrected chi connectivity index (χ1v) is 12.5. The Labute approximate surface area is 189 Å². The van der Waals surface area contributed by atoms with Crippen LogP contribution in [0.4, 0.5) is 0 Å². The lowest BCUT2D eigenvalue weighted by atomic mass is 9.94. The van der Waals surface area contributed by atoms with Gasteiger partial charge < -0.3 is 14.2 Å². The Kier molecular flexibility index (Phi) is 7.83. The van der Waals surface area contributed by atoms with Gasteiger partial charge in [0, 0.05) is 18.2 Å². The Balaban J connectivity index is 2.46. The van der Waals surface area contributed by atoms with E-state index in [9.17, 15) is 18.0 Å². The largest absolute Gasteiger partial charge is 0.376 e. The molecule has 1 aromatic heterocycles. The summed E-state index contributed by atoms with van der Waals surface area (Å²) < 4.78 is 46.3. The van der Waals surface area contributed by atoms with E-state index in [2.05, 4.69) is 9.71 Å². The Morgan fingerprint density at radius 2 is 1.78 bits per heavy atom. The quantitative estimate of drug-likeness (QED) is 0.582. The van der Waals surface area contributed by atoms with E-state index in [4.69, 9.17) is 14.2 Å². The SMILES string of the molecule is Cc1cn([C@@H]2O[C@](CCOC(C)(C)C)(COC(C)(C)C)C[C@H]2NS(C)(=O)=O)c(=O)[nH]c1=O. The second-order valence-corrected chi connectivity index (χ2v) is 12.3. The van der Waals surface area contributed by atoms with Crippen molar-refractivity contribution in [2.24, 2.45) is 0 Å². The van der Waals surface area contributed by atoms with Gasteiger partial charge in [-0.2, -0.15) is 0 Å². The Morgan fingerprint density at radius 1 is 1.19 bits per heavy atom. The van der Waals surface area contributed by atoms with Gasteiger partial charge in [0.15, 0.2) is 6.23 Å². The van der Waals surface area contributed by atoms with Gasteiger partial charge in [0.25, 0.3) is 5.56 Å². The molecular weight excluding hydrogens is 438 g/mol. The maximum atomic E-state index is 12.6. The first kappa shape index (κ1) is 26.7. The number of H-pyrrole nitrogens is 1. The van der Waals surface area contributed by atoms with Crippen molar-refractivity contribution < 1.29 is 22.6 Å². The minimum Gasteiger partial charge on any atom is -0.376 e. The van der Waals surface area contributed by atoms with E-state index in [1.54, 1.807) is 6.92 Å². The lowest BCUT2D eigenvalue weighted by Crippen LogP contribution is -2.43. The van der Waals surface area contributed by atoms with Gasteiger partial charge in [-0.3, -0.25) is 14.3 Å². The maximum Gasteiger partial charge on any atom is 0.330 e. The molecule has 0 unspecified atom stereocenters. The Morgan fingerprint density at radius 3 is 2.31 bits per heavy atom. The number of aromatic amines is 1. The summed E-state index contributed by atoms with van der Waals surface area (Å²) in [7, 11) is -3.61. The summed E-state index contributed by atoms with van der Waals surface area (Å²) in [4.78, 5) is 26.6. The third-order valence-corrected chi connectivity index (χ3v) is 5.68. The average molecular weight is 476 g/mol. The predicted molar refractivity (Wildman–Crippen MR) is 121 cm³/mol. The highest BCUT2D eigenvalue weighted by Crippen LogP contribution is 2.40. The molecule has 0 spiro atoms. The van der Waals surface area contributed by atoms with Crippen LogP contribution in [0.1, 0.15) is 66.2 Å². The van der Waals surface area contributed by atoms with E-state index in [1.807, 2.05) is 41.5 Å². The molecule has 1 fully saturated rings. The molecule has 0 amide bonds. The van der Waals surface area contributed by atoms with Crippen LogP contribution >= 0.6 is 0 Å². The summed E-state index contributed by atoms with van der Waals surface area (Å²) in [5.41, 5.74) is -2.59. The van der Waals surface area contributed by atoms with E-state index in [0.717, 1.165) is 6.26 Å². The highest BCUT2D eigenvalue weighted by molar-refractivity contribution is 7.88. The van der Waals surface area contributed by atoms with Crippen LogP contribution in [0.3, 0.4) is 0 Å². The van der Waals surface area contributed by atoms with Crippen molar-refractivity contribution in [3.8, 4) is 0 Å². The molecule has 32 heavy (non-hydrogen) atoms. The van der Waals surface area contributed by atoms with Gasteiger partial charge in [-0.25, -0.2) is 17.9 Å². The summed E-state index contributed by atoms with van der Waals surface area (Å²) in [6, 6.07) is -0.744. The van der Waals surface area contributed by atoms with Crippen LogP contribution in [0.25, 0.3) is 0 Å². The predicted octanol–water partition coefficient (Wildman–Crippen LogP) is 1.44. The number of nitrogens with zero attached hydrogens (tertiary/aromatic N) is 1. The Bertz CT molecular complexity index is 1020. The molecule has 1 aliphatic heterocycles. The van der Waals surface area contributed by atoms with Gasteiger partial charge in [0.1, 0.15) is 0 Å². The highest BCUT2D eigenvalue weighted by Gasteiger charge is 2.49. The number of hydrogen-bond acceptors (Lipinski definition) is 7. The number of hydrogen-bond donors (Lipinski definition) is 2. The van der Waals surface area contributed by atoms with E-state index in [-0.39, 0.29) is 18.6 Å². The molecule has 0 aliphatic carbocycles. The molecule has 2 heterocycles. The molecule has 1 aromatic rings. The van der Waals surface area contributed by atoms with Crippen molar-refractivity contribution in [3.05, 3.63) is 32.6 Å². The third kappa shape index (κ3) is 7.80. The molecular formula is C21H37N3O7S. The second-order valence-electron chi connectivity index (χ2n) is 10.5. The molecule has 10 nitrogen and oxygen atoms in total. The number of sulfonamides is 1. The number of aromatic nitrogens is 2. The zero-order chi connectivity index (χ0) is 24.5. The fraction of sp³-hybridized carbons (Fsp3) is 0.810. The van der Waals surface area contributed by atoms with Crippen molar-refractivity contribution in [1.82, 2.24) is 14.3 Å². The number of ether oxygens (including phenoxy) is 3. The first-order valence-electron chi connectivity index (χ1n) is 10.6. The molecule has 3 atom stereocenters. The molecule has 184 valence electrons. The summed E-state index contributed by atoms with van der Waals surface area (Å²) in [6.45, 7) is 13.7. The van der Waals surface area contributed by atoms with Crippen LogP contribution in [0.2, 0.25) is 0 Å². The topological polar surface area (TPSA) is 129 Å². The van der Waals surface area contributed by atoms with Crippen molar-refractivity contribution >= 4 is 10.0 Å². The van der Waals surface area contributed by atoms with Crippen molar-refractivity contribution in [2.45, 2.75) is 90.4 Å². The lowest BCUT2D eigenvalue weighted by molar-refractivity contribution is -0.155. The first-order chi connectivity index (χ1) is 14.4. The van der Waals surface area contributed by atoms with Crippen LogP contribution in [0.15, 0.2) is 15.8 Å². The minimum absolute atomic E-state index is 0.180. The molecule has 1 saturated heterocycles. The van der Waals surface area contributed by atoms with Crippen LogP contribution in [0.5, 0.6) is 0 Å². The monoisotopic (exact) mass is 475 g/mol. The van der Waals surface area contributed by atoms with E-state index in [1.165, 1.54) is 10.8 Å². The third-order valence-electron chi connectivity index (χ3n) is 4.95. The second kappa shape index (κ2) is 9.38. The van der Waals surface area contributed by atoms with Gasteiger partial charge in [0.05, 0.1) is 42.3 Å². The minimum atomic E-state index is -3.61. The Hall–Kier alpha value is -1.53. The molecule has 0 bridgehead atoms. The highest BCUT2D eigenvalue weighted by atomic mass is 32.2. The number of rotatable bonds is 8. The zero-order valence-corrected chi connectivity index (χ0v) is 21.1. The fourth-order valence-corrected chi connectivity index (χ4v) is 4.26. The van der Waals surface area contributed by atoms with Gasteiger partial charge in [-0.05, 0) is 54.9 Å². The average Bonchev–Trinajstić information content (AvgIpc) is 2.91. The van der Waals surface area contributed by atoms with E-state index in [0.29, 0.717) is 18.6 Å². The maximum absolute atomic E-state index is 12.6. The molecule has 2 rings (SSSR count). The van der Waals surface area contributed by atoms with E-state index >= 15 is 0 Å². The summed E-state index contributed by atoms with van der Waals surface area (Å²) in [5, 5.41) is 0. The van der Waals surface area contributed by atoms with Crippen LogP contribution in [0, 0.1) is 6.92 Å². The van der Waals surface area contributed by atoms with Gasteiger partial charge >= 0.3 is 5.69 Å². The molecule has 0 aromatic carbocycles. The fourth-order valence-electron chi connectivity index (χ4n) is 3.51. The molecule has 1 aliphatic rings. The molecule has 2 N–H and O–H groups in total. The van der Waals surface area contributed by atoms with Gasteiger partial charge in [0.2, 0.25) is 10.0 Å². The summed E-state index contributed by atoms with van der Waals surface area (Å²) >= 11 is 0. The smallest absolute Gasteiger partial charge is 0.330 e. The lowest BCUT2D eigenvalue weighted by Gasteiger charge is -2.33. The van der Waals surface area contributed by atoms with E-state index < -0.39 is 44.7 Å². The standard InChI is InChI=1S/C21H37N3O7S/c1-14-12-24(18(26)22-16(14)25)17-15(23-32(8,27)28)11-21(31-17,13-30-20(5,6)7)9-10-29-19(2,3)4/h12,15,17,23H,9-11,13H2,1-8H3,(H,22,25,26)/t15-,17-,21+/m1/s1. The normalized spacial score (nSPS) is 24.8. The molecule has 0 saturated carbocycles. The summed E-state index contributed by atoms with van der Waals surface area (Å²) in [6.07, 6.45) is 2.16. The number of aryl methyl sites for hydroxylation is 1. The van der Waals surface area contributed by atoms with Gasteiger partial charge in [-0.1, -0.05) is 0 Å². The van der Waals surface area contributed by atoms with Crippen LogP contribution < -0.4 is 16.0 Å². The molecule has 11 heteroatoms. The van der Waals surface area contributed by atoms with Crippen LogP contribution in [-0.2, 0) is 24.2 Å². The number of nitrogens with one attached hydrogen (secondary N) is 2. The van der Waals surface area contributed by atoms with Crippen LogP contribution in [-0.4, -0.2) is 60.3 Å². The van der Waals surface area contributed by atoms with Crippen molar-refractivity contribution in [1.29, 1.82) is 0 Å². The van der Waals surface area contributed by atoms with Crippen molar-refractivity contribution in [2.75, 3.05) is 19.5 Å².